The molecule has 0 atom stereocenters. The summed E-state index contributed by atoms with van der Waals surface area (Å²) < 4.78 is 0.530. The first kappa shape index (κ1) is 12.4. The Morgan fingerprint density at radius 3 is 2.88 bits per heavy atom. The number of nitrogens with one attached hydrogen (secondary N) is 1. The summed E-state index contributed by atoms with van der Waals surface area (Å²) in [5, 5.41) is 14.1. The highest BCUT2D eigenvalue weighted by Crippen LogP contribution is 2.21. The molecule has 2 amide bonds. The second-order valence-corrected chi connectivity index (χ2v) is 3.86. The number of amides is 2. The zero-order chi connectivity index (χ0) is 12.1. The number of hydrogen-bond donors (Lipinski definition) is 2. The molecule has 8 heteroatoms. The van der Waals surface area contributed by atoms with Gasteiger partial charge in [0.25, 0.3) is 5.69 Å². The van der Waals surface area contributed by atoms with E-state index in [0.29, 0.717) is 9.13 Å². The van der Waals surface area contributed by atoms with Gasteiger partial charge >= 0.3 is 6.03 Å². The number of rotatable bonds is 3. The van der Waals surface area contributed by atoms with Gasteiger partial charge in [-0.25, -0.2) is 10.2 Å². The summed E-state index contributed by atoms with van der Waals surface area (Å²) in [5.74, 6) is 0. The lowest BCUT2D eigenvalue weighted by Gasteiger charge is -1.97. The van der Waals surface area contributed by atoms with Crippen molar-refractivity contribution < 1.29 is 9.72 Å². The fourth-order valence-electron chi connectivity index (χ4n) is 0.920. The molecule has 0 spiro atoms. The van der Waals surface area contributed by atoms with E-state index in [1.54, 1.807) is 12.1 Å². The number of halogens is 1. The van der Waals surface area contributed by atoms with Crippen LogP contribution < -0.4 is 11.2 Å². The molecule has 1 aromatic carbocycles. The van der Waals surface area contributed by atoms with Gasteiger partial charge in [0.1, 0.15) is 0 Å². The lowest BCUT2D eigenvalue weighted by molar-refractivity contribution is -0.385. The molecule has 0 heterocycles. The van der Waals surface area contributed by atoms with Crippen molar-refractivity contribution in [3.05, 3.63) is 37.4 Å². The number of urea groups is 1. The van der Waals surface area contributed by atoms with Gasteiger partial charge in [0.05, 0.1) is 14.7 Å². The highest BCUT2D eigenvalue weighted by Gasteiger charge is 2.11. The van der Waals surface area contributed by atoms with Gasteiger partial charge in [-0.15, -0.1) is 0 Å². The van der Waals surface area contributed by atoms with Gasteiger partial charge < -0.3 is 5.73 Å². The first-order valence-corrected chi connectivity index (χ1v) is 5.11. The molecule has 0 aliphatic carbocycles. The molecular formula is C8H7IN4O3. The van der Waals surface area contributed by atoms with Gasteiger partial charge in [0.2, 0.25) is 0 Å². The molecule has 1 rings (SSSR count). The van der Waals surface area contributed by atoms with E-state index in [1.165, 1.54) is 12.3 Å². The Kier molecular flexibility index (Phi) is 4.17. The predicted octanol–water partition coefficient (Wildman–Crippen LogP) is 1.20. The van der Waals surface area contributed by atoms with E-state index in [0.717, 1.165) is 0 Å². The van der Waals surface area contributed by atoms with Crippen molar-refractivity contribution in [2.24, 2.45) is 10.8 Å². The zero-order valence-electron chi connectivity index (χ0n) is 7.88. The van der Waals surface area contributed by atoms with Crippen molar-refractivity contribution in [3.63, 3.8) is 0 Å². The number of nitrogens with zero attached hydrogens (tertiary/aromatic N) is 2. The molecule has 0 aliphatic heterocycles. The van der Waals surface area contributed by atoms with Crippen LogP contribution in [0.1, 0.15) is 5.56 Å². The Hall–Kier alpha value is -1.71. The number of nitro benzene ring substituents is 1. The summed E-state index contributed by atoms with van der Waals surface area (Å²) in [7, 11) is 0. The quantitative estimate of drug-likeness (QED) is 0.375. The van der Waals surface area contributed by atoms with Crippen molar-refractivity contribution in [1.29, 1.82) is 0 Å². The zero-order valence-corrected chi connectivity index (χ0v) is 10.0. The van der Waals surface area contributed by atoms with Crippen LogP contribution in [0.3, 0.4) is 0 Å². The van der Waals surface area contributed by atoms with E-state index in [9.17, 15) is 14.9 Å². The number of nitro groups is 1. The Balaban J connectivity index is 2.91. The maximum absolute atomic E-state index is 10.6. The summed E-state index contributed by atoms with van der Waals surface area (Å²) >= 11 is 1.86. The maximum atomic E-state index is 10.6. The number of benzene rings is 1. The molecule has 0 bridgehead atoms. The standard InChI is InChI=1S/C8H7IN4O3/c9-6-2-1-5(3-7(6)13(15)16)4-11-12-8(10)14/h1-4H,(H3,10,12,14). The second-order valence-electron chi connectivity index (χ2n) is 2.70. The molecule has 16 heavy (non-hydrogen) atoms. The lowest BCUT2D eigenvalue weighted by Crippen LogP contribution is -2.24. The van der Waals surface area contributed by atoms with Crippen LogP contribution in [0.5, 0.6) is 0 Å². The first-order valence-electron chi connectivity index (χ1n) is 4.03. The SMILES string of the molecule is NC(=O)NN=Cc1ccc(I)c([N+](=O)[O-])c1. The van der Waals surface area contributed by atoms with E-state index in [2.05, 4.69) is 5.10 Å². The molecule has 0 fully saturated rings. The van der Waals surface area contributed by atoms with Crippen LogP contribution in [0.15, 0.2) is 23.3 Å². The minimum absolute atomic E-state index is 0.0105. The Morgan fingerprint density at radius 1 is 1.62 bits per heavy atom. The largest absolute Gasteiger partial charge is 0.350 e. The van der Waals surface area contributed by atoms with Gasteiger partial charge in [0.15, 0.2) is 0 Å². The van der Waals surface area contributed by atoms with Crippen LogP contribution in [-0.2, 0) is 0 Å². The van der Waals surface area contributed by atoms with Crippen LogP contribution in [-0.4, -0.2) is 17.2 Å². The highest BCUT2D eigenvalue weighted by atomic mass is 127. The van der Waals surface area contributed by atoms with Gasteiger partial charge in [0, 0.05) is 11.6 Å². The number of hydrogen-bond acceptors (Lipinski definition) is 4. The van der Waals surface area contributed by atoms with Crippen molar-refractivity contribution in [2.45, 2.75) is 0 Å². The summed E-state index contributed by atoms with van der Waals surface area (Å²) in [5.41, 5.74) is 7.27. The molecule has 84 valence electrons. The third-order valence-electron chi connectivity index (χ3n) is 1.56. The fourth-order valence-corrected chi connectivity index (χ4v) is 1.45. The smallest absolute Gasteiger partial charge is 0.332 e. The van der Waals surface area contributed by atoms with Crippen LogP contribution in [0.2, 0.25) is 0 Å². The van der Waals surface area contributed by atoms with E-state index in [4.69, 9.17) is 5.73 Å². The predicted molar refractivity (Wildman–Crippen MR) is 66.1 cm³/mol. The Morgan fingerprint density at radius 2 is 2.31 bits per heavy atom. The molecule has 7 nitrogen and oxygen atoms in total. The van der Waals surface area contributed by atoms with Crippen molar-refractivity contribution >= 4 is 40.5 Å². The van der Waals surface area contributed by atoms with E-state index < -0.39 is 11.0 Å². The molecule has 0 unspecified atom stereocenters. The third kappa shape index (κ3) is 3.46. The molecule has 0 saturated carbocycles. The minimum atomic E-state index is -0.795. The monoisotopic (exact) mass is 334 g/mol. The molecule has 3 N–H and O–H groups in total. The van der Waals surface area contributed by atoms with Crippen molar-refractivity contribution in [3.8, 4) is 0 Å². The fraction of sp³-hybridized carbons (Fsp3) is 0. The average Bonchev–Trinajstić information content (AvgIpc) is 2.19. The maximum Gasteiger partial charge on any atom is 0.332 e. The molecule has 1 aromatic rings. The van der Waals surface area contributed by atoms with Gasteiger partial charge in [-0.2, -0.15) is 5.10 Å². The lowest BCUT2D eigenvalue weighted by atomic mass is 10.2. The van der Waals surface area contributed by atoms with Gasteiger partial charge in [-0.05, 0) is 28.7 Å². The van der Waals surface area contributed by atoms with Crippen molar-refractivity contribution in [2.75, 3.05) is 0 Å². The van der Waals surface area contributed by atoms with Crippen LogP contribution >= 0.6 is 22.6 Å². The van der Waals surface area contributed by atoms with Gasteiger partial charge in [-0.3, -0.25) is 10.1 Å². The van der Waals surface area contributed by atoms with E-state index in [-0.39, 0.29) is 5.69 Å². The third-order valence-corrected chi connectivity index (χ3v) is 2.47. The topological polar surface area (TPSA) is 111 Å². The van der Waals surface area contributed by atoms with Gasteiger partial charge in [-0.1, -0.05) is 6.07 Å². The number of carbonyl (C=O) groups excluding carboxylic acids is 1. The first-order chi connectivity index (χ1) is 7.50. The van der Waals surface area contributed by atoms with E-state index in [1.807, 2.05) is 28.0 Å². The molecule has 0 radical (unpaired) electrons. The minimum Gasteiger partial charge on any atom is -0.350 e. The van der Waals surface area contributed by atoms with Crippen LogP contribution in [0.25, 0.3) is 0 Å². The van der Waals surface area contributed by atoms with Crippen molar-refractivity contribution in [1.82, 2.24) is 5.43 Å². The molecule has 0 aliphatic rings. The Labute approximate surface area is 104 Å². The highest BCUT2D eigenvalue weighted by molar-refractivity contribution is 14.1. The van der Waals surface area contributed by atoms with Crippen LogP contribution in [0.4, 0.5) is 10.5 Å². The molecule has 0 saturated heterocycles. The summed E-state index contributed by atoms with van der Waals surface area (Å²) in [6.07, 6.45) is 1.27. The normalized spacial score (nSPS) is 10.3. The summed E-state index contributed by atoms with van der Waals surface area (Å²) in [6.45, 7) is 0. The van der Waals surface area contributed by atoms with Crippen LogP contribution in [0, 0.1) is 13.7 Å². The van der Waals surface area contributed by atoms with E-state index >= 15 is 0 Å². The summed E-state index contributed by atoms with van der Waals surface area (Å²) in [6, 6.07) is 3.79. The summed E-state index contributed by atoms with van der Waals surface area (Å²) in [4.78, 5) is 20.4. The number of hydrazone groups is 1. The molecule has 0 aromatic heterocycles. The molecular weight excluding hydrogens is 327 g/mol. The number of primary amides is 1. The number of nitrogens with two attached hydrogens (primary N) is 1. The number of carbonyl (C=O) groups is 1. The average molecular weight is 334 g/mol. The second kappa shape index (κ2) is 5.39. The Bertz CT molecular complexity index is 461.